The van der Waals surface area contributed by atoms with E-state index in [-0.39, 0.29) is 5.41 Å². The second-order valence-electron chi connectivity index (χ2n) is 9.14. The van der Waals surface area contributed by atoms with Crippen LogP contribution in [-0.4, -0.2) is 67.6 Å². The number of nitrogens with zero attached hydrogens (tertiary/aromatic N) is 4. The summed E-state index contributed by atoms with van der Waals surface area (Å²) >= 11 is 0. The Morgan fingerprint density at radius 2 is 1.86 bits per heavy atom. The zero-order chi connectivity index (χ0) is 19.1. The molecule has 6 nitrogen and oxygen atoms in total. The van der Waals surface area contributed by atoms with Gasteiger partial charge >= 0.3 is 0 Å². The minimum atomic E-state index is -0.131. The van der Waals surface area contributed by atoms with Crippen LogP contribution in [0, 0.1) is 12.3 Å². The molecule has 1 amide bonds. The van der Waals surface area contributed by atoms with Crippen LogP contribution in [0.15, 0.2) is 12.1 Å². The van der Waals surface area contributed by atoms with Gasteiger partial charge in [0.25, 0.3) is 0 Å². The first kappa shape index (κ1) is 18.4. The molecule has 5 heterocycles. The first-order chi connectivity index (χ1) is 13.7. The maximum absolute atomic E-state index is 13.2. The van der Waals surface area contributed by atoms with Crippen LogP contribution in [-0.2, 0) is 4.79 Å². The van der Waals surface area contributed by atoms with Gasteiger partial charge in [-0.3, -0.25) is 9.69 Å². The molecule has 4 aliphatic heterocycles. The Morgan fingerprint density at radius 1 is 1.07 bits per heavy atom. The van der Waals surface area contributed by atoms with E-state index in [4.69, 9.17) is 4.98 Å². The zero-order valence-corrected chi connectivity index (χ0v) is 17.1. The van der Waals surface area contributed by atoms with Crippen LogP contribution in [0.3, 0.4) is 0 Å². The van der Waals surface area contributed by atoms with Crippen molar-refractivity contribution in [2.24, 2.45) is 5.41 Å². The SMILES string of the molecule is Cc1nc(N2CC[C@@H](N3CCCC3)C2)ccc1N1CCC2(CCNCC2)C1=O. The number of carbonyl (C=O) groups is 1. The lowest BCUT2D eigenvalue weighted by molar-refractivity contribution is -0.126. The zero-order valence-electron chi connectivity index (χ0n) is 17.1. The van der Waals surface area contributed by atoms with E-state index in [0.29, 0.717) is 11.9 Å². The first-order valence-electron chi connectivity index (χ1n) is 11.2. The number of piperidine rings is 1. The van der Waals surface area contributed by atoms with Gasteiger partial charge in [0.1, 0.15) is 5.82 Å². The molecule has 1 aromatic rings. The van der Waals surface area contributed by atoms with Gasteiger partial charge in [0.15, 0.2) is 0 Å². The number of amides is 1. The van der Waals surface area contributed by atoms with Crippen molar-refractivity contribution in [3.63, 3.8) is 0 Å². The van der Waals surface area contributed by atoms with Gasteiger partial charge in [0.05, 0.1) is 16.8 Å². The molecular weight excluding hydrogens is 350 g/mol. The third-order valence-corrected chi connectivity index (χ3v) is 7.55. The molecule has 0 unspecified atom stereocenters. The lowest BCUT2D eigenvalue weighted by Gasteiger charge is -2.32. The van der Waals surface area contributed by atoms with Crippen molar-refractivity contribution in [2.45, 2.75) is 51.5 Å². The number of anilines is 2. The molecule has 1 aromatic heterocycles. The summed E-state index contributed by atoms with van der Waals surface area (Å²) < 4.78 is 0. The molecule has 4 saturated heterocycles. The summed E-state index contributed by atoms with van der Waals surface area (Å²) in [5.41, 5.74) is 1.87. The number of aryl methyl sites for hydroxylation is 1. The van der Waals surface area contributed by atoms with Crippen molar-refractivity contribution in [1.29, 1.82) is 0 Å². The minimum Gasteiger partial charge on any atom is -0.355 e. The highest BCUT2D eigenvalue weighted by atomic mass is 16.2. The molecule has 28 heavy (non-hydrogen) atoms. The quantitative estimate of drug-likeness (QED) is 0.867. The monoisotopic (exact) mass is 383 g/mol. The molecule has 152 valence electrons. The molecule has 4 aliphatic rings. The molecule has 0 aliphatic carbocycles. The smallest absolute Gasteiger partial charge is 0.233 e. The second-order valence-corrected chi connectivity index (χ2v) is 9.14. The molecule has 0 bridgehead atoms. The molecule has 0 radical (unpaired) electrons. The Labute approximate surface area is 168 Å². The van der Waals surface area contributed by atoms with Gasteiger partial charge in [-0.05, 0) is 83.8 Å². The Kier molecular flexibility index (Phi) is 4.79. The Morgan fingerprint density at radius 3 is 2.61 bits per heavy atom. The van der Waals surface area contributed by atoms with E-state index in [1.165, 1.54) is 32.4 Å². The van der Waals surface area contributed by atoms with Crippen LogP contribution in [0.2, 0.25) is 0 Å². The van der Waals surface area contributed by atoms with Crippen molar-refractivity contribution >= 4 is 17.4 Å². The number of hydrogen-bond acceptors (Lipinski definition) is 5. The van der Waals surface area contributed by atoms with E-state index in [0.717, 1.165) is 69.2 Å². The number of likely N-dealkylation sites (tertiary alicyclic amines) is 1. The minimum absolute atomic E-state index is 0.131. The maximum atomic E-state index is 13.2. The van der Waals surface area contributed by atoms with E-state index in [9.17, 15) is 4.79 Å². The van der Waals surface area contributed by atoms with E-state index >= 15 is 0 Å². The van der Waals surface area contributed by atoms with Crippen LogP contribution < -0.4 is 15.1 Å². The van der Waals surface area contributed by atoms with Crippen molar-refractivity contribution in [2.75, 3.05) is 55.6 Å². The first-order valence-corrected chi connectivity index (χ1v) is 11.2. The normalized spacial score (nSPS) is 28.0. The van der Waals surface area contributed by atoms with E-state index in [1.807, 2.05) is 4.90 Å². The van der Waals surface area contributed by atoms with Gasteiger partial charge in [-0.25, -0.2) is 4.98 Å². The van der Waals surface area contributed by atoms with E-state index in [2.05, 4.69) is 34.2 Å². The fourth-order valence-electron chi connectivity index (χ4n) is 5.78. The molecule has 0 saturated carbocycles. The van der Waals surface area contributed by atoms with Crippen molar-refractivity contribution in [3.05, 3.63) is 17.8 Å². The van der Waals surface area contributed by atoms with Crippen molar-refractivity contribution in [3.8, 4) is 0 Å². The molecular formula is C22H33N5O. The topological polar surface area (TPSA) is 51.7 Å². The van der Waals surface area contributed by atoms with Gasteiger partial charge in [0.2, 0.25) is 5.91 Å². The Hall–Kier alpha value is -1.66. The largest absolute Gasteiger partial charge is 0.355 e. The Bertz CT molecular complexity index is 738. The number of carbonyl (C=O) groups excluding carboxylic acids is 1. The van der Waals surface area contributed by atoms with Crippen molar-refractivity contribution < 1.29 is 4.79 Å². The van der Waals surface area contributed by atoms with Crippen LogP contribution in [0.25, 0.3) is 0 Å². The number of hydrogen-bond donors (Lipinski definition) is 1. The van der Waals surface area contributed by atoms with Gasteiger partial charge < -0.3 is 15.1 Å². The van der Waals surface area contributed by atoms with Crippen LogP contribution in [0.1, 0.15) is 44.2 Å². The number of aromatic nitrogens is 1. The van der Waals surface area contributed by atoms with E-state index in [1.54, 1.807) is 0 Å². The molecule has 1 spiro atoms. The summed E-state index contributed by atoms with van der Waals surface area (Å²) in [4.78, 5) is 25.2. The molecule has 5 rings (SSSR count). The van der Waals surface area contributed by atoms with Gasteiger partial charge in [-0.2, -0.15) is 0 Å². The average Bonchev–Trinajstić information content (AvgIpc) is 3.45. The summed E-state index contributed by atoms with van der Waals surface area (Å²) in [6, 6.07) is 4.96. The molecule has 0 aromatic carbocycles. The summed E-state index contributed by atoms with van der Waals surface area (Å²) in [7, 11) is 0. The molecule has 4 fully saturated rings. The molecule has 1 N–H and O–H groups in total. The number of rotatable bonds is 3. The summed E-state index contributed by atoms with van der Waals surface area (Å²) in [5, 5.41) is 3.39. The summed E-state index contributed by atoms with van der Waals surface area (Å²) in [5.74, 6) is 1.40. The lowest BCUT2D eigenvalue weighted by Crippen LogP contribution is -2.42. The fourth-order valence-corrected chi connectivity index (χ4v) is 5.78. The standard InChI is InChI=1S/C22H33N5O/c1-17-19(27-15-9-22(21(27)28)7-10-23-11-8-22)4-5-20(24-17)26-14-6-18(16-26)25-12-2-3-13-25/h4-5,18,23H,2-3,6-16H2,1H3/t18-/m1/s1. The van der Waals surface area contributed by atoms with E-state index < -0.39 is 0 Å². The van der Waals surface area contributed by atoms with Gasteiger partial charge in [-0.1, -0.05) is 0 Å². The highest BCUT2D eigenvalue weighted by molar-refractivity contribution is 6.00. The second kappa shape index (κ2) is 7.30. The number of pyridine rings is 1. The lowest BCUT2D eigenvalue weighted by atomic mass is 9.77. The van der Waals surface area contributed by atoms with Crippen molar-refractivity contribution in [1.82, 2.24) is 15.2 Å². The predicted octanol–water partition coefficient (Wildman–Crippen LogP) is 2.17. The third kappa shape index (κ3) is 3.11. The number of nitrogens with one attached hydrogen (secondary N) is 1. The van der Waals surface area contributed by atoms with Crippen LogP contribution >= 0.6 is 0 Å². The Balaban J connectivity index is 1.30. The van der Waals surface area contributed by atoms with Gasteiger partial charge in [0, 0.05) is 25.7 Å². The summed E-state index contributed by atoms with van der Waals surface area (Å²) in [6.45, 7) is 9.52. The fraction of sp³-hybridized carbons (Fsp3) is 0.727. The van der Waals surface area contributed by atoms with Crippen LogP contribution in [0.4, 0.5) is 11.5 Å². The molecule has 6 heteroatoms. The average molecular weight is 384 g/mol. The highest BCUT2D eigenvalue weighted by Gasteiger charge is 2.47. The highest BCUT2D eigenvalue weighted by Crippen LogP contribution is 2.42. The predicted molar refractivity (Wildman–Crippen MR) is 112 cm³/mol. The summed E-state index contributed by atoms with van der Waals surface area (Å²) in [6.07, 6.45) is 6.87. The third-order valence-electron chi connectivity index (χ3n) is 7.55. The van der Waals surface area contributed by atoms with Crippen LogP contribution in [0.5, 0.6) is 0 Å². The van der Waals surface area contributed by atoms with Gasteiger partial charge in [-0.15, -0.1) is 0 Å². The molecule has 1 atom stereocenters. The maximum Gasteiger partial charge on any atom is 0.233 e.